The van der Waals surface area contributed by atoms with Gasteiger partial charge in [0, 0.05) is 5.56 Å². The maximum atomic E-state index is 11.2. The molecular weight excluding hydrogens is 300 g/mol. The quantitative estimate of drug-likeness (QED) is 0.561. The van der Waals surface area contributed by atoms with Gasteiger partial charge in [-0.2, -0.15) is 4.98 Å². The molecule has 0 aliphatic carbocycles. The van der Waals surface area contributed by atoms with Crippen LogP contribution < -0.4 is 10.5 Å². The molecule has 0 bridgehead atoms. The molecule has 1 amide bonds. The van der Waals surface area contributed by atoms with Crippen molar-refractivity contribution in [1.29, 1.82) is 0 Å². The number of carbonyl (C=O) groups excluding carboxylic acids is 1. The summed E-state index contributed by atoms with van der Waals surface area (Å²) in [6.07, 6.45) is 0. The third kappa shape index (κ3) is 4.54. The van der Waals surface area contributed by atoms with E-state index in [0.29, 0.717) is 0 Å². The van der Waals surface area contributed by atoms with Crippen LogP contribution in [0, 0.1) is 11.8 Å². The second kappa shape index (κ2) is 7.93. The molecule has 0 atom stereocenters. The number of aliphatic hydroxyl groups excluding tert-OH is 1. The summed E-state index contributed by atoms with van der Waals surface area (Å²) in [6, 6.07) is 7.16. The van der Waals surface area contributed by atoms with Gasteiger partial charge in [-0.3, -0.25) is 4.79 Å². The molecule has 0 fully saturated rings. The number of carbonyl (C=O) groups is 1. The smallest absolute Gasteiger partial charge is 0.288 e. The van der Waals surface area contributed by atoms with E-state index < -0.39 is 5.91 Å². The lowest BCUT2D eigenvalue weighted by Crippen LogP contribution is -2.14. The number of hydrogen-bond acceptors (Lipinski definition) is 6. The van der Waals surface area contributed by atoms with Crippen LogP contribution in [-0.2, 0) is 11.5 Å². The Labute approximate surface area is 132 Å². The molecule has 0 spiro atoms. The molecule has 0 aliphatic rings. The predicted molar refractivity (Wildman–Crippen MR) is 80.6 cm³/mol. The van der Waals surface area contributed by atoms with E-state index in [4.69, 9.17) is 20.3 Å². The molecule has 0 saturated heterocycles. The highest BCUT2D eigenvalue weighted by Crippen LogP contribution is 2.10. The van der Waals surface area contributed by atoms with Crippen LogP contribution in [0.2, 0.25) is 0 Å². The number of primary amides is 1. The monoisotopic (exact) mass is 316 g/mol. The van der Waals surface area contributed by atoms with Crippen molar-refractivity contribution in [3.63, 3.8) is 0 Å². The Morgan fingerprint density at radius 3 is 2.70 bits per heavy atom. The SMILES string of the molecule is COc1ccc(C#Cc2nc(C(N)=O)nn2COCCO)cc1. The number of nitrogens with two attached hydrogens (primary N) is 1. The predicted octanol–water partition coefficient (Wildman–Crippen LogP) is -0.248. The normalized spacial score (nSPS) is 10.0. The summed E-state index contributed by atoms with van der Waals surface area (Å²) < 4.78 is 11.5. The van der Waals surface area contributed by atoms with Crippen LogP contribution in [0.4, 0.5) is 0 Å². The van der Waals surface area contributed by atoms with E-state index in [9.17, 15) is 4.79 Å². The van der Waals surface area contributed by atoms with Gasteiger partial charge in [0.1, 0.15) is 12.5 Å². The van der Waals surface area contributed by atoms with E-state index in [0.717, 1.165) is 11.3 Å². The highest BCUT2D eigenvalue weighted by Gasteiger charge is 2.12. The lowest BCUT2D eigenvalue weighted by atomic mass is 10.2. The van der Waals surface area contributed by atoms with Gasteiger partial charge in [0.05, 0.1) is 20.3 Å². The summed E-state index contributed by atoms with van der Waals surface area (Å²) in [5.74, 6) is 5.81. The molecule has 8 nitrogen and oxygen atoms in total. The van der Waals surface area contributed by atoms with E-state index in [1.54, 1.807) is 31.4 Å². The number of benzene rings is 1. The maximum Gasteiger partial charge on any atom is 0.288 e. The van der Waals surface area contributed by atoms with Crippen molar-refractivity contribution < 1.29 is 19.4 Å². The summed E-state index contributed by atoms with van der Waals surface area (Å²) >= 11 is 0. The van der Waals surface area contributed by atoms with Gasteiger partial charge in [0.25, 0.3) is 5.91 Å². The van der Waals surface area contributed by atoms with Crippen LogP contribution in [-0.4, -0.2) is 46.1 Å². The molecule has 3 N–H and O–H groups in total. The molecule has 0 aliphatic heterocycles. The Kier molecular flexibility index (Phi) is 5.68. The van der Waals surface area contributed by atoms with Crippen molar-refractivity contribution in [2.24, 2.45) is 5.73 Å². The second-order valence-corrected chi connectivity index (χ2v) is 4.36. The van der Waals surface area contributed by atoms with Crippen molar-refractivity contribution >= 4 is 5.91 Å². The minimum atomic E-state index is -0.751. The Balaban J connectivity index is 2.22. The Bertz CT molecular complexity index is 728. The lowest BCUT2D eigenvalue weighted by Gasteiger charge is -2.02. The van der Waals surface area contributed by atoms with Gasteiger partial charge in [0.15, 0.2) is 0 Å². The second-order valence-electron chi connectivity index (χ2n) is 4.36. The maximum absolute atomic E-state index is 11.2. The number of nitrogens with zero attached hydrogens (tertiary/aromatic N) is 3. The number of ether oxygens (including phenoxy) is 2. The van der Waals surface area contributed by atoms with Crippen molar-refractivity contribution in [2.45, 2.75) is 6.73 Å². The topological polar surface area (TPSA) is 112 Å². The first-order chi connectivity index (χ1) is 11.1. The number of hydrogen-bond donors (Lipinski definition) is 2. The molecule has 1 heterocycles. The molecular formula is C15H16N4O4. The Morgan fingerprint density at radius 2 is 2.09 bits per heavy atom. The van der Waals surface area contributed by atoms with E-state index in [1.807, 2.05) is 0 Å². The van der Waals surface area contributed by atoms with Crippen LogP contribution in [0.5, 0.6) is 5.75 Å². The molecule has 23 heavy (non-hydrogen) atoms. The Morgan fingerprint density at radius 1 is 1.35 bits per heavy atom. The van der Waals surface area contributed by atoms with Crippen molar-refractivity contribution in [1.82, 2.24) is 14.8 Å². The zero-order valence-corrected chi connectivity index (χ0v) is 12.5. The van der Waals surface area contributed by atoms with Gasteiger partial charge < -0.3 is 20.3 Å². The lowest BCUT2D eigenvalue weighted by molar-refractivity contribution is 0.0411. The highest BCUT2D eigenvalue weighted by molar-refractivity contribution is 5.88. The fourth-order valence-electron chi connectivity index (χ4n) is 1.65. The van der Waals surface area contributed by atoms with Crippen LogP contribution in [0.15, 0.2) is 24.3 Å². The minimum absolute atomic E-state index is 0.00741. The average molecular weight is 316 g/mol. The number of methoxy groups -OCH3 is 1. The number of amides is 1. The van der Waals surface area contributed by atoms with Crippen LogP contribution in [0.25, 0.3) is 0 Å². The Hall–Kier alpha value is -2.89. The van der Waals surface area contributed by atoms with Crippen LogP contribution >= 0.6 is 0 Å². The summed E-state index contributed by atoms with van der Waals surface area (Å²) in [7, 11) is 1.58. The highest BCUT2D eigenvalue weighted by atomic mass is 16.5. The van der Waals surface area contributed by atoms with Gasteiger partial charge in [-0.1, -0.05) is 5.92 Å². The van der Waals surface area contributed by atoms with Gasteiger partial charge in [-0.25, -0.2) is 4.68 Å². The molecule has 1 aromatic heterocycles. The van der Waals surface area contributed by atoms with Crippen molar-refractivity contribution in [3.05, 3.63) is 41.5 Å². The first kappa shape index (κ1) is 16.5. The largest absolute Gasteiger partial charge is 0.497 e. The van der Waals surface area contributed by atoms with Crippen LogP contribution in [0.3, 0.4) is 0 Å². The minimum Gasteiger partial charge on any atom is -0.497 e. The number of rotatable bonds is 6. The summed E-state index contributed by atoms with van der Waals surface area (Å²) in [5.41, 5.74) is 5.92. The van der Waals surface area contributed by atoms with Crippen LogP contribution in [0.1, 0.15) is 22.0 Å². The third-order valence-electron chi connectivity index (χ3n) is 2.75. The van der Waals surface area contributed by atoms with Gasteiger partial charge in [-0.15, -0.1) is 5.10 Å². The van der Waals surface area contributed by atoms with E-state index in [2.05, 4.69) is 21.9 Å². The standard InChI is InChI=1S/C15H16N4O4/c1-22-12-5-2-11(3-6-12)4-7-13-17-15(14(16)21)18-19(13)10-23-9-8-20/h2-3,5-6,20H,8-10H2,1H3,(H2,16,21). The summed E-state index contributed by atoms with van der Waals surface area (Å²) in [4.78, 5) is 15.2. The molecule has 2 aromatic rings. The molecule has 0 saturated carbocycles. The van der Waals surface area contributed by atoms with E-state index >= 15 is 0 Å². The van der Waals surface area contributed by atoms with E-state index in [1.165, 1.54) is 4.68 Å². The number of aromatic nitrogens is 3. The zero-order chi connectivity index (χ0) is 16.7. The molecule has 0 unspecified atom stereocenters. The third-order valence-corrected chi connectivity index (χ3v) is 2.75. The molecule has 8 heteroatoms. The summed E-state index contributed by atoms with van der Waals surface area (Å²) in [5, 5.41) is 12.6. The fraction of sp³-hybridized carbons (Fsp3) is 0.267. The van der Waals surface area contributed by atoms with Gasteiger partial charge >= 0.3 is 0 Å². The molecule has 0 radical (unpaired) electrons. The number of aliphatic hydroxyl groups is 1. The van der Waals surface area contributed by atoms with Crippen molar-refractivity contribution in [3.8, 4) is 17.6 Å². The van der Waals surface area contributed by atoms with Gasteiger partial charge in [0.2, 0.25) is 11.6 Å². The first-order valence-corrected chi connectivity index (χ1v) is 6.73. The zero-order valence-electron chi connectivity index (χ0n) is 12.5. The fourth-order valence-corrected chi connectivity index (χ4v) is 1.65. The summed E-state index contributed by atoms with van der Waals surface area (Å²) in [6.45, 7) is 0.0226. The molecule has 2 rings (SSSR count). The molecule has 120 valence electrons. The first-order valence-electron chi connectivity index (χ1n) is 6.73. The average Bonchev–Trinajstić information content (AvgIpc) is 2.97. The van der Waals surface area contributed by atoms with E-state index in [-0.39, 0.29) is 31.6 Å². The van der Waals surface area contributed by atoms with Gasteiger partial charge in [-0.05, 0) is 30.2 Å². The van der Waals surface area contributed by atoms with Crippen molar-refractivity contribution in [2.75, 3.05) is 20.3 Å². The molecule has 1 aromatic carbocycles.